The van der Waals surface area contributed by atoms with Gasteiger partial charge < -0.3 is 15.0 Å². The molecule has 0 spiro atoms. The number of ether oxygens (including phenoxy) is 1. The number of Topliss-reactive ketones (excluding diaryl/α,β-unsaturated/α-hetero) is 1. The van der Waals surface area contributed by atoms with Crippen LogP contribution in [0.5, 0.6) is 5.75 Å². The number of hydrogen-bond donors (Lipinski definition) is 1. The van der Waals surface area contributed by atoms with E-state index in [1.54, 1.807) is 6.92 Å². The molecule has 1 N–H and O–H groups in total. The van der Waals surface area contributed by atoms with Crippen LogP contribution in [-0.2, 0) is 21.4 Å². The minimum Gasteiger partial charge on any atom is -0.491 e. The Kier molecular flexibility index (Phi) is 6.18. The first-order chi connectivity index (χ1) is 14.6. The molecule has 158 valence electrons. The molecule has 0 radical (unpaired) electrons. The van der Waals surface area contributed by atoms with Gasteiger partial charge >= 0.3 is 0 Å². The summed E-state index contributed by atoms with van der Waals surface area (Å²) in [5, 5.41) is 2.95. The number of amides is 1. The monoisotopic (exact) mass is 406 g/mol. The maximum atomic E-state index is 12.5. The van der Waals surface area contributed by atoms with E-state index in [0.717, 1.165) is 67.9 Å². The van der Waals surface area contributed by atoms with Crippen LogP contribution in [0.15, 0.2) is 48.5 Å². The number of benzene rings is 2. The van der Waals surface area contributed by atoms with Crippen molar-refractivity contribution in [2.45, 2.75) is 44.4 Å². The first-order valence-electron chi connectivity index (χ1n) is 10.9. The van der Waals surface area contributed by atoms with Gasteiger partial charge in [-0.1, -0.05) is 42.5 Å². The minimum atomic E-state index is -0.338. The average Bonchev–Trinajstić information content (AvgIpc) is 2.78. The second-order valence-corrected chi connectivity index (χ2v) is 8.39. The lowest BCUT2D eigenvalue weighted by atomic mass is 9.70. The molecular formula is C25H30N2O3. The maximum Gasteiger partial charge on any atom is 0.224 e. The minimum absolute atomic E-state index is 0.0548. The number of carbonyl (C=O) groups excluding carboxylic acids is 2. The predicted octanol–water partition coefficient (Wildman–Crippen LogP) is 3.96. The first kappa shape index (κ1) is 20.6. The fourth-order valence-electron chi connectivity index (χ4n) is 4.73. The lowest BCUT2D eigenvalue weighted by Crippen LogP contribution is -2.46. The average molecular weight is 407 g/mol. The molecule has 0 bridgehead atoms. The summed E-state index contributed by atoms with van der Waals surface area (Å²) in [4.78, 5) is 26.7. The molecule has 0 aliphatic carbocycles. The normalized spacial score (nSPS) is 18.4. The van der Waals surface area contributed by atoms with Crippen molar-refractivity contribution in [3.05, 3.63) is 59.7 Å². The largest absolute Gasteiger partial charge is 0.491 e. The quantitative estimate of drug-likeness (QED) is 0.707. The van der Waals surface area contributed by atoms with Crippen molar-refractivity contribution in [2.24, 2.45) is 0 Å². The number of rotatable bonds is 7. The number of likely N-dealkylation sites (tertiary alicyclic amines) is 1. The van der Waals surface area contributed by atoms with Crippen LogP contribution in [0, 0.1) is 0 Å². The number of anilines is 1. The molecule has 2 aliphatic rings. The molecule has 30 heavy (non-hydrogen) atoms. The molecule has 1 fully saturated rings. The number of nitrogens with one attached hydrogen (secondary N) is 1. The summed E-state index contributed by atoms with van der Waals surface area (Å²) in [5.41, 5.74) is 2.79. The zero-order valence-electron chi connectivity index (χ0n) is 17.7. The zero-order chi connectivity index (χ0) is 21.0. The number of ketones is 1. The summed E-state index contributed by atoms with van der Waals surface area (Å²) in [7, 11) is 0. The molecule has 0 aromatic heterocycles. The van der Waals surface area contributed by atoms with Crippen molar-refractivity contribution in [3.8, 4) is 5.75 Å². The Bertz CT molecular complexity index is 902. The zero-order valence-corrected chi connectivity index (χ0v) is 17.7. The SMILES string of the molecule is CC(=O)C1(c2ccccc2)CCN(CCCOc2cccc3c2NC(=O)CC3)CC1. The smallest absolute Gasteiger partial charge is 0.224 e. The number of nitrogens with zero attached hydrogens (tertiary/aromatic N) is 1. The van der Waals surface area contributed by atoms with E-state index in [9.17, 15) is 9.59 Å². The molecule has 1 amide bonds. The highest BCUT2D eigenvalue weighted by Gasteiger charge is 2.40. The van der Waals surface area contributed by atoms with E-state index in [4.69, 9.17) is 4.74 Å². The second-order valence-electron chi connectivity index (χ2n) is 8.39. The summed E-state index contributed by atoms with van der Waals surface area (Å²) in [5.74, 6) is 1.09. The summed E-state index contributed by atoms with van der Waals surface area (Å²) < 4.78 is 6.00. The molecule has 0 saturated carbocycles. The Morgan fingerprint density at radius 3 is 2.57 bits per heavy atom. The third-order valence-electron chi connectivity index (χ3n) is 6.58. The van der Waals surface area contributed by atoms with Crippen LogP contribution < -0.4 is 10.1 Å². The van der Waals surface area contributed by atoms with Gasteiger partial charge in [0.05, 0.1) is 17.7 Å². The molecule has 2 aromatic rings. The fourth-order valence-corrected chi connectivity index (χ4v) is 4.73. The lowest BCUT2D eigenvalue weighted by Gasteiger charge is -2.40. The van der Waals surface area contributed by atoms with E-state index in [2.05, 4.69) is 22.3 Å². The van der Waals surface area contributed by atoms with Crippen LogP contribution in [0.2, 0.25) is 0 Å². The molecule has 2 heterocycles. The van der Waals surface area contributed by atoms with E-state index >= 15 is 0 Å². The second kappa shape index (κ2) is 9.00. The van der Waals surface area contributed by atoms with Crippen LogP contribution in [0.25, 0.3) is 0 Å². The summed E-state index contributed by atoms with van der Waals surface area (Å²) in [6, 6.07) is 16.2. The molecule has 2 aromatic carbocycles. The summed E-state index contributed by atoms with van der Waals surface area (Å²) in [6.45, 7) is 5.13. The highest BCUT2D eigenvalue weighted by molar-refractivity contribution is 5.95. The molecule has 2 aliphatic heterocycles. The Morgan fingerprint density at radius 2 is 1.83 bits per heavy atom. The number of aryl methyl sites for hydroxylation is 1. The topological polar surface area (TPSA) is 58.6 Å². The Morgan fingerprint density at radius 1 is 1.07 bits per heavy atom. The lowest BCUT2D eigenvalue weighted by molar-refractivity contribution is -0.124. The summed E-state index contributed by atoms with van der Waals surface area (Å²) >= 11 is 0. The predicted molar refractivity (Wildman–Crippen MR) is 118 cm³/mol. The van der Waals surface area contributed by atoms with E-state index in [-0.39, 0.29) is 17.1 Å². The van der Waals surface area contributed by atoms with Gasteiger partial charge in [0.15, 0.2) is 0 Å². The molecule has 5 nitrogen and oxygen atoms in total. The van der Waals surface area contributed by atoms with Gasteiger partial charge in [0.25, 0.3) is 0 Å². The van der Waals surface area contributed by atoms with Crippen molar-refractivity contribution < 1.29 is 14.3 Å². The molecule has 4 rings (SSSR count). The van der Waals surface area contributed by atoms with Crippen LogP contribution in [0.3, 0.4) is 0 Å². The van der Waals surface area contributed by atoms with Gasteiger partial charge in [-0.25, -0.2) is 0 Å². The van der Waals surface area contributed by atoms with Gasteiger partial charge in [-0.15, -0.1) is 0 Å². The van der Waals surface area contributed by atoms with Crippen LogP contribution in [-0.4, -0.2) is 42.8 Å². The number of fused-ring (bicyclic) bond motifs is 1. The van der Waals surface area contributed by atoms with E-state index in [1.165, 1.54) is 0 Å². The van der Waals surface area contributed by atoms with Crippen molar-refractivity contribution in [1.29, 1.82) is 0 Å². The number of carbonyl (C=O) groups is 2. The van der Waals surface area contributed by atoms with Crippen molar-refractivity contribution >= 4 is 17.4 Å². The third kappa shape index (κ3) is 4.26. The number of hydrogen-bond acceptors (Lipinski definition) is 4. The standard InChI is InChI=1S/C25H30N2O3/c1-19(28)25(21-8-3-2-4-9-21)13-16-27(17-14-25)15-6-18-30-22-10-5-7-20-11-12-23(29)26-24(20)22/h2-5,7-10H,6,11-18H2,1H3,(H,26,29). The van der Waals surface area contributed by atoms with Gasteiger partial charge in [-0.2, -0.15) is 0 Å². The van der Waals surface area contributed by atoms with Crippen molar-refractivity contribution in [2.75, 3.05) is 31.6 Å². The highest BCUT2D eigenvalue weighted by Crippen LogP contribution is 2.36. The Labute approximate surface area is 178 Å². The molecule has 1 saturated heterocycles. The molecule has 0 atom stereocenters. The van der Waals surface area contributed by atoms with Gasteiger partial charge in [0, 0.05) is 13.0 Å². The van der Waals surface area contributed by atoms with Crippen LogP contribution in [0.4, 0.5) is 5.69 Å². The molecule has 0 unspecified atom stereocenters. The molecule has 5 heteroatoms. The maximum absolute atomic E-state index is 12.5. The van der Waals surface area contributed by atoms with Gasteiger partial charge in [0.2, 0.25) is 5.91 Å². The van der Waals surface area contributed by atoms with E-state index in [0.29, 0.717) is 13.0 Å². The molecular weight excluding hydrogens is 376 g/mol. The van der Waals surface area contributed by atoms with E-state index < -0.39 is 0 Å². The Balaban J connectivity index is 1.28. The van der Waals surface area contributed by atoms with Crippen LogP contribution in [0.1, 0.15) is 43.7 Å². The fraction of sp³-hybridized carbons (Fsp3) is 0.440. The van der Waals surface area contributed by atoms with Gasteiger partial charge in [-0.3, -0.25) is 9.59 Å². The van der Waals surface area contributed by atoms with Gasteiger partial charge in [-0.05, 0) is 62.9 Å². The first-order valence-corrected chi connectivity index (χ1v) is 10.9. The van der Waals surface area contributed by atoms with Crippen molar-refractivity contribution in [1.82, 2.24) is 4.90 Å². The highest BCUT2D eigenvalue weighted by atomic mass is 16.5. The van der Waals surface area contributed by atoms with E-state index in [1.807, 2.05) is 36.4 Å². The number of para-hydroxylation sites is 1. The van der Waals surface area contributed by atoms with Gasteiger partial charge in [0.1, 0.15) is 11.5 Å². The number of piperidine rings is 1. The Hall–Kier alpha value is -2.66. The van der Waals surface area contributed by atoms with Crippen molar-refractivity contribution in [3.63, 3.8) is 0 Å². The third-order valence-corrected chi connectivity index (χ3v) is 6.58. The van der Waals surface area contributed by atoms with Crippen LogP contribution >= 0.6 is 0 Å². The summed E-state index contributed by atoms with van der Waals surface area (Å²) in [6.07, 6.45) is 3.95.